The van der Waals surface area contributed by atoms with E-state index in [0.717, 1.165) is 37.3 Å². The third-order valence-electron chi connectivity index (χ3n) is 3.61. The van der Waals surface area contributed by atoms with E-state index in [-0.39, 0.29) is 6.61 Å². The lowest BCUT2D eigenvalue weighted by molar-refractivity contribution is 0.251. The van der Waals surface area contributed by atoms with Crippen LogP contribution in [-0.2, 0) is 6.61 Å². The van der Waals surface area contributed by atoms with E-state index in [0.29, 0.717) is 6.04 Å². The SMILES string of the molecule is CN1CCC(N(C)c2ncccc2CO)CC1. The molecule has 1 N–H and O–H groups in total. The first kappa shape index (κ1) is 12.3. The fourth-order valence-electron chi connectivity index (χ4n) is 2.43. The summed E-state index contributed by atoms with van der Waals surface area (Å²) in [7, 11) is 4.24. The number of rotatable bonds is 3. The summed E-state index contributed by atoms with van der Waals surface area (Å²) in [5.41, 5.74) is 0.911. The first-order chi connectivity index (χ1) is 8.22. The van der Waals surface area contributed by atoms with E-state index in [1.165, 1.54) is 0 Å². The third kappa shape index (κ3) is 2.76. The van der Waals surface area contributed by atoms with Crippen LogP contribution in [0.1, 0.15) is 18.4 Å². The second-order valence-corrected chi connectivity index (χ2v) is 4.79. The summed E-state index contributed by atoms with van der Waals surface area (Å²) in [6.45, 7) is 2.33. The van der Waals surface area contributed by atoms with Crippen molar-refractivity contribution in [2.24, 2.45) is 0 Å². The number of likely N-dealkylation sites (tertiary alicyclic amines) is 1. The van der Waals surface area contributed by atoms with Gasteiger partial charge in [0.05, 0.1) is 6.61 Å². The van der Waals surface area contributed by atoms with Gasteiger partial charge in [0.15, 0.2) is 0 Å². The molecule has 2 rings (SSSR count). The summed E-state index contributed by atoms with van der Waals surface area (Å²) in [6.07, 6.45) is 4.11. The van der Waals surface area contributed by atoms with Crippen molar-refractivity contribution in [2.45, 2.75) is 25.5 Å². The average Bonchev–Trinajstić information content (AvgIpc) is 2.39. The van der Waals surface area contributed by atoms with Gasteiger partial charge in [0.25, 0.3) is 0 Å². The molecule has 0 aromatic carbocycles. The molecule has 0 saturated carbocycles. The zero-order valence-corrected chi connectivity index (χ0v) is 10.6. The Labute approximate surface area is 103 Å². The Morgan fingerprint density at radius 1 is 1.47 bits per heavy atom. The number of piperidine rings is 1. The highest BCUT2D eigenvalue weighted by Crippen LogP contribution is 2.22. The fourth-order valence-corrected chi connectivity index (χ4v) is 2.43. The van der Waals surface area contributed by atoms with Gasteiger partial charge in [-0.15, -0.1) is 0 Å². The zero-order valence-electron chi connectivity index (χ0n) is 10.6. The summed E-state index contributed by atoms with van der Waals surface area (Å²) < 4.78 is 0. The lowest BCUT2D eigenvalue weighted by Crippen LogP contribution is -2.42. The molecule has 0 unspecified atom stereocenters. The molecule has 1 aliphatic rings. The number of anilines is 1. The summed E-state index contributed by atoms with van der Waals surface area (Å²) in [4.78, 5) is 8.97. The van der Waals surface area contributed by atoms with E-state index in [9.17, 15) is 5.11 Å². The van der Waals surface area contributed by atoms with Gasteiger partial charge < -0.3 is 14.9 Å². The third-order valence-corrected chi connectivity index (χ3v) is 3.61. The Kier molecular flexibility index (Phi) is 3.97. The molecule has 1 fully saturated rings. The van der Waals surface area contributed by atoms with Gasteiger partial charge in [-0.25, -0.2) is 4.98 Å². The quantitative estimate of drug-likeness (QED) is 0.852. The summed E-state index contributed by atoms with van der Waals surface area (Å²) in [6, 6.07) is 4.34. The van der Waals surface area contributed by atoms with Crippen LogP contribution in [-0.4, -0.2) is 48.2 Å². The van der Waals surface area contributed by atoms with Crippen molar-refractivity contribution in [3.63, 3.8) is 0 Å². The molecule has 94 valence electrons. The number of nitrogens with zero attached hydrogens (tertiary/aromatic N) is 3. The molecule has 0 spiro atoms. The van der Waals surface area contributed by atoms with Gasteiger partial charge in [0.2, 0.25) is 0 Å². The second kappa shape index (κ2) is 5.47. The highest BCUT2D eigenvalue weighted by Gasteiger charge is 2.22. The van der Waals surface area contributed by atoms with Crippen LogP contribution in [0.4, 0.5) is 5.82 Å². The molecule has 0 radical (unpaired) electrons. The average molecular weight is 235 g/mol. The molecule has 1 saturated heterocycles. The smallest absolute Gasteiger partial charge is 0.134 e. The Morgan fingerprint density at radius 3 is 2.82 bits per heavy atom. The van der Waals surface area contributed by atoms with E-state index < -0.39 is 0 Å². The van der Waals surface area contributed by atoms with Gasteiger partial charge >= 0.3 is 0 Å². The molecule has 0 bridgehead atoms. The topological polar surface area (TPSA) is 39.6 Å². The molecule has 2 heterocycles. The highest BCUT2D eigenvalue weighted by molar-refractivity contribution is 5.46. The Morgan fingerprint density at radius 2 is 2.18 bits per heavy atom. The highest BCUT2D eigenvalue weighted by atomic mass is 16.3. The van der Waals surface area contributed by atoms with Gasteiger partial charge in [-0.05, 0) is 39.0 Å². The van der Waals surface area contributed by atoms with E-state index in [2.05, 4.69) is 28.9 Å². The Balaban J connectivity index is 2.10. The Hall–Kier alpha value is -1.13. The molecule has 0 amide bonds. The Bertz CT molecular complexity index is 361. The molecular weight excluding hydrogens is 214 g/mol. The zero-order chi connectivity index (χ0) is 12.3. The van der Waals surface area contributed by atoms with Crippen molar-refractivity contribution in [1.82, 2.24) is 9.88 Å². The van der Waals surface area contributed by atoms with Gasteiger partial charge in [-0.3, -0.25) is 0 Å². The lowest BCUT2D eigenvalue weighted by Gasteiger charge is -2.36. The molecule has 1 aromatic heterocycles. The molecule has 17 heavy (non-hydrogen) atoms. The predicted molar refractivity (Wildman–Crippen MR) is 69.1 cm³/mol. The molecule has 1 aromatic rings. The van der Waals surface area contributed by atoms with Gasteiger partial charge in [-0.1, -0.05) is 6.07 Å². The number of hydrogen-bond acceptors (Lipinski definition) is 4. The number of pyridine rings is 1. The van der Waals surface area contributed by atoms with E-state index in [1.807, 2.05) is 12.1 Å². The number of hydrogen-bond donors (Lipinski definition) is 1. The minimum absolute atomic E-state index is 0.0557. The molecule has 0 aliphatic carbocycles. The van der Waals surface area contributed by atoms with Crippen molar-refractivity contribution >= 4 is 5.82 Å². The first-order valence-electron chi connectivity index (χ1n) is 6.18. The maximum absolute atomic E-state index is 9.33. The summed E-state index contributed by atoms with van der Waals surface area (Å²) in [5, 5.41) is 9.33. The van der Waals surface area contributed by atoms with Crippen molar-refractivity contribution < 1.29 is 5.11 Å². The maximum atomic E-state index is 9.33. The monoisotopic (exact) mass is 235 g/mol. The van der Waals surface area contributed by atoms with Crippen molar-refractivity contribution in [3.8, 4) is 0 Å². The summed E-state index contributed by atoms with van der Waals surface area (Å²) >= 11 is 0. The van der Waals surface area contributed by atoms with Crippen LogP contribution < -0.4 is 4.90 Å². The standard InChI is InChI=1S/C13H21N3O/c1-15-8-5-12(6-9-15)16(2)13-11(10-17)4-3-7-14-13/h3-4,7,12,17H,5-6,8-10H2,1-2H3. The van der Waals surface area contributed by atoms with Crippen molar-refractivity contribution in [3.05, 3.63) is 23.9 Å². The number of aromatic nitrogens is 1. The maximum Gasteiger partial charge on any atom is 0.134 e. The minimum atomic E-state index is 0.0557. The van der Waals surface area contributed by atoms with Crippen LogP contribution in [0.2, 0.25) is 0 Å². The minimum Gasteiger partial charge on any atom is -0.392 e. The van der Waals surface area contributed by atoms with Crippen LogP contribution >= 0.6 is 0 Å². The van der Waals surface area contributed by atoms with Crippen LogP contribution in [0.5, 0.6) is 0 Å². The lowest BCUT2D eigenvalue weighted by atomic mass is 10.0. The largest absolute Gasteiger partial charge is 0.392 e. The molecule has 4 heteroatoms. The number of aliphatic hydroxyl groups excluding tert-OH is 1. The van der Waals surface area contributed by atoms with Gasteiger partial charge in [0, 0.05) is 24.8 Å². The molecular formula is C13H21N3O. The van der Waals surface area contributed by atoms with E-state index >= 15 is 0 Å². The first-order valence-corrected chi connectivity index (χ1v) is 6.18. The van der Waals surface area contributed by atoms with E-state index in [1.54, 1.807) is 6.20 Å². The van der Waals surface area contributed by atoms with Crippen molar-refractivity contribution in [2.75, 3.05) is 32.1 Å². The van der Waals surface area contributed by atoms with Crippen LogP contribution in [0, 0.1) is 0 Å². The second-order valence-electron chi connectivity index (χ2n) is 4.79. The van der Waals surface area contributed by atoms with Crippen molar-refractivity contribution in [1.29, 1.82) is 0 Å². The van der Waals surface area contributed by atoms with Gasteiger partial charge in [0.1, 0.15) is 5.82 Å². The molecule has 4 nitrogen and oxygen atoms in total. The van der Waals surface area contributed by atoms with E-state index in [4.69, 9.17) is 0 Å². The molecule has 0 atom stereocenters. The van der Waals surface area contributed by atoms with Crippen LogP contribution in [0.25, 0.3) is 0 Å². The van der Waals surface area contributed by atoms with Gasteiger partial charge in [-0.2, -0.15) is 0 Å². The molecule has 1 aliphatic heterocycles. The van der Waals surface area contributed by atoms with Crippen LogP contribution in [0.3, 0.4) is 0 Å². The number of aliphatic hydroxyl groups is 1. The summed E-state index contributed by atoms with van der Waals surface area (Å²) in [5.74, 6) is 0.921. The fraction of sp³-hybridized carbons (Fsp3) is 0.615. The normalized spacial score (nSPS) is 18.3. The van der Waals surface area contributed by atoms with Crippen LogP contribution in [0.15, 0.2) is 18.3 Å². The predicted octanol–water partition coefficient (Wildman–Crippen LogP) is 1.10.